The van der Waals surface area contributed by atoms with Crippen molar-refractivity contribution in [2.75, 3.05) is 33.4 Å². The molecule has 1 spiro atoms. The first-order chi connectivity index (χ1) is 13.6. The second-order valence-electron chi connectivity index (χ2n) is 8.02. The van der Waals surface area contributed by atoms with E-state index in [0.29, 0.717) is 19.1 Å². The smallest absolute Gasteiger partial charge is 0.243 e. The number of amides is 1. The number of piperidine rings is 1. The fourth-order valence-corrected chi connectivity index (χ4v) is 4.78. The van der Waals surface area contributed by atoms with Gasteiger partial charge in [-0.05, 0) is 50.8 Å². The second kappa shape index (κ2) is 8.05. The number of methoxy groups -OCH3 is 1. The predicted molar refractivity (Wildman–Crippen MR) is 108 cm³/mol. The molecular formula is C22H30N4O2. The molecule has 0 saturated carbocycles. The maximum Gasteiger partial charge on any atom is 0.243 e. The minimum Gasteiger partial charge on any atom is -0.383 e. The van der Waals surface area contributed by atoms with Crippen LogP contribution in [0.4, 0.5) is 0 Å². The van der Waals surface area contributed by atoms with Gasteiger partial charge in [-0.1, -0.05) is 18.2 Å². The van der Waals surface area contributed by atoms with Crippen LogP contribution in [0, 0.1) is 6.92 Å². The Morgan fingerprint density at radius 1 is 1.18 bits per heavy atom. The Morgan fingerprint density at radius 2 is 1.96 bits per heavy atom. The molecule has 1 aromatic heterocycles. The van der Waals surface area contributed by atoms with Gasteiger partial charge in [0.25, 0.3) is 0 Å². The minimum absolute atomic E-state index is 0.291. The van der Waals surface area contributed by atoms with Crippen molar-refractivity contribution in [2.24, 2.45) is 0 Å². The van der Waals surface area contributed by atoms with Gasteiger partial charge in [-0.25, -0.2) is 4.68 Å². The van der Waals surface area contributed by atoms with E-state index in [2.05, 4.69) is 35.3 Å². The van der Waals surface area contributed by atoms with Crippen molar-refractivity contribution >= 4 is 5.91 Å². The number of aromatic nitrogens is 2. The third kappa shape index (κ3) is 3.47. The predicted octanol–water partition coefficient (Wildman–Crippen LogP) is 2.78. The van der Waals surface area contributed by atoms with Gasteiger partial charge in [-0.2, -0.15) is 5.10 Å². The highest BCUT2D eigenvalue weighted by Crippen LogP contribution is 2.39. The zero-order chi connectivity index (χ0) is 19.6. The lowest BCUT2D eigenvalue weighted by Crippen LogP contribution is -2.60. The fraction of sp³-hybridized carbons (Fsp3) is 0.545. The lowest BCUT2D eigenvalue weighted by molar-refractivity contribution is -0.148. The van der Waals surface area contributed by atoms with Gasteiger partial charge in [0.2, 0.25) is 5.91 Å². The van der Waals surface area contributed by atoms with Crippen LogP contribution >= 0.6 is 0 Å². The molecule has 2 aliphatic heterocycles. The summed E-state index contributed by atoms with van der Waals surface area (Å²) < 4.78 is 7.15. The van der Waals surface area contributed by atoms with Gasteiger partial charge in [0.05, 0.1) is 18.5 Å². The van der Waals surface area contributed by atoms with Crippen molar-refractivity contribution in [3.63, 3.8) is 0 Å². The molecule has 6 heteroatoms. The number of benzene rings is 1. The molecule has 2 aromatic rings. The number of aryl methyl sites for hydroxylation is 1. The van der Waals surface area contributed by atoms with Crippen molar-refractivity contribution in [3.8, 4) is 5.69 Å². The van der Waals surface area contributed by atoms with E-state index in [1.165, 1.54) is 5.56 Å². The first kappa shape index (κ1) is 19.2. The SMILES string of the molecule is COCCN1CCCC2(CCCN2Cc2cnn(-c3ccccc3C)c2)C1=O. The molecule has 28 heavy (non-hydrogen) atoms. The molecule has 2 aliphatic rings. The van der Waals surface area contributed by atoms with Crippen molar-refractivity contribution in [1.82, 2.24) is 19.6 Å². The van der Waals surface area contributed by atoms with E-state index >= 15 is 0 Å². The largest absolute Gasteiger partial charge is 0.383 e. The lowest BCUT2D eigenvalue weighted by Gasteiger charge is -2.44. The molecule has 4 rings (SSSR count). The van der Waals surface area contributed by atoms with Crippen LogP contribution in [0.2, 0.25) is 0 Å². The molecular weight excluding hydrogens is 352 g/mol. The molecule has 1 unspecified atom stereocenters. The van der Waals surface area contributed by atoms with E-state index in [1.54, 1.807) is 7.11 Å². The Hall–Kier alpha value is -2.18. The van der Waals surface area contributed by atoms with E-state index in [-0.39, 0.29) is 5.54 Å². The molecule has 0 radical (unpaired) electrons. The van der Waals surface area contributed by atoms with Gasteiger partial charge in [0.15, 0.2) is 0 Å². The second-order valence-corrected chi connectivity index (χ2v) is 8.02. The average molecular weight is 383 g/mol. The zero-order valence-corrected chi connectivity index (χ0v) is 16.9. The van der Waals surface area contributed by atoms with E-state index in [4.69, 9.17) is 4.74 Å². The third-order valence-electron chi connectivity index (χ3n) is 6.26. The number of hydrogen-bond donors (Lipinski definition) is 0. The molecule has 1 aromatic carbocycles. The Kier molecular flexibility index (Phi) is 5.51. The van der Waals surface area contributed by atoms with Crippen LogP contribution in [0.15, 0.2) is 36.7 Å². The van der Waals surface area contributed by atoms with Crippen LogP contribution in [-0.4, -0.2) is 64.4 Å². The molecule has 150 valence electrons. The zero-order valence-electron chi connectivity index (χ0n) is 16.9. The van der Waals surface area contributed by atoms with Crippen molar-refractivity contribution in [3.05, 3.63) is 47.8 Å². The number of ether oxygens (including phenoxy) is 1. The molecule has 0 N–H and O–H groups in total. The summed E-state index contributed by atoms with van der Waals surface area (Å²) in [6, 6.07) is 8.26. The molecule has 2 fully saturated rings. The van der Waals surface area contributed by atoms with Gasteiger partial charge >= 0.3 is 0 Å². The first-order valence-electron chi connectivity index (χ1n) is 10.3. The summed E-state index contributed by atoms with van der Waals surface area (Å²) in [7, 11) is 1.69. The number of rotatable bonds is 6. The third-order valence-corrected chi connectivity index (χ3v) is 6.26. The summed E-state index contributed by atoms with van der Waals surface area (Å²) in [5.41, 5.74) is 3.12. The molecule has 0 bridgehead atoms. The highest BCUT2D eigenvalue weighted by molar-refractivity contribution is 5.87. The van der Waals surface area contributed by atoms with E-state index in [0.717, 1.165) is 56.6 Å². The number of para-hydroxylation sites is 1. The van der Waals surface area contributed by atoms with Crippen molar-refractivity contribution in [1.29, 1.82) is 0 Å². The van der Waals surface area contributed by atoms with Gasteiger partial charge in [-0.3, -0.25) is 9.69 Å². The van der Waals surface area contributed by atoms with Crippen LogP contribution < -0.4 is 0 Å². The molecule has 6 nitrogen and oxygen atoms in total. The average Bonchev–Trinajstić information content (AvgIpc) is 3.32. The molecule has 3 heterocycles. The fourth-order valence-electron chi connectivity index (χ4n) is 4.78. The Balaban J connectivity index is 1.52. The molecule has 2 saturated heterocycles. The summed E-state index contributed by atoms with van der Waals surface area (Å²) in [6.45, 7) is 5.99. The highest BCUT2D eigenvalue weighted by atomic mass is 16.5. The van der Waals surface area contributed by atoms with E-state index in [1.807, 2.05) is 27.9 Å². The Bertz CT molecular complexity index is 833. The van der Waals surface area contributed by atoms with Crippen LogP contribution in [-0.2, 0) is 16.1 Å². The summed E-state index contributed by atoms with van der Waals surface area (Å²) in [6.07, 6.45) is 8.10. The quantitative estimate of drug-likeness (QED) is 0.771. The summed E-state index contributed by atoms with van der Waals surface area (Å²) in [4.78, 5) is 17.7. The van der Waals surface area contributed by atoms with Crippen LogP contribution in [0.1, 0.15) is 36.8 Å². The standard InChI is InChI=1S/C22H30N4O2/c1-18-7-3-4-8-20(18)26-17-19(15-23-26)16-25-12-6-10-22(25)9-5-11-24(21(22)27)13-14-28-2/h3-4,7-8,15,17H,5-6,9-14,16H2,1-2H3. The summed E-state index contributed by atoms with van der Waals surface area (Å²) in [5, 5.41) is 4.58. The first-order valence-corrected chi connectivity index (χ1v) is 10.3. The highest BCUT2D eigenvalue weighted by Gasteiger charge is 2.50. The lowest BCUT2D eigenvalue weighted by atomic mass is 9.85. The number of carbonyl (C=O) groups excluding carboxylic acids is 1. The Morgan fingerprint density at radius 3 is 2.75 bits per heavy atom. The van der Waals surface area contributed by atoms with Gasteiger partial charge in [0.1, 0.15) is 5.54 Å². The summed E-state index contributed by atoms with van der Waals surface area (Å²) >= 11 is 0. The van der Waals surface area contributed by atoms with Crippen molar-refractivity contribution < 1.29 is 9.53 Å². The van der Waals surface area contributed by atoms with E-state index < -0.39 is 0 Å². The molecule has 1 atom stereocenters. The molecule has 0 aliphatic carbocycles. The summed E-state index contributed by atoms with van der Waals surface area (Å²) in [5.74, 6) is 0.291. The Labute approximate surface area is 167 Å². The van der Waals surface area contributed by atoms with Gasteiger partial charge in [0, 0.05) is 38.5 Å². The van der Waals surface area contributed by atoms with Gasteiger partial charge in [-0.15, -0.1) is 0 Å². The van der Waals surface area contributed by atoms with E-state index in [9.17, 15) is 4.79 Å². The maximum atomic E-state index is 13.3. The topological polar surface area (TPSA) is 50.6 Å². The molecule has 1 amide bonds. The van der Waals surface area contributed by atoms with Crippen molar-refractivity contribution in [2.45, 2.75) is 44.7 Å². The number of hydrogen-bond acceptors (Lipinski definition) is 4. The van der Waals surface area contributed by atoms with Crippen LogP contribution in [0.3, 0.4) is 0 Å². The monoisotopic (exact) mass is 382 g/mol. The number of likely N-dealkylation sites (tertiary alicyclic amines) is 2. The number of nitrogens with zero attached hydrogens (tertiary/aromatic N) is 4. The minimum atomic E-state index is -0.337. The number of carbonyl (C=O) groups is 1. The normalized spacial score (nSPS) is 23.1. The van der Waals surface area contributed by atoms with Crippen LogP contribution in [0.25, 0.3) is 5.69 Å². The maximum absolute atomic E-state index is 13.3. The van der Waals surface area contributed by atoms with Crippen LogP contribution in [0.5, 0.6) is 0 Å². The van der Waals surface area contributed by atoms with Gasteiger partial charge < -0.3 is 9.64 Å².